The standard InChI is InChI=1S/C14H15NO/c1-9-14-12-6-4-3-5-11(12)7-8-13(14)16-10(2)15-9/h3-10,15H,1-2H3/t9-,10-/m0/s1. The maximum atomic E-state index is 5.80. The maximum absolute atomic E-state index is 5.80. The van der Waals surface area contributed by atoms with Gasteiger partial charge in [-0.05, 0) is 30.7 Å². The summed E-state index contributed by atoms with van der Waals surface area (Å²) in [5, 5.41) is 5.96. The van der Waals surface area contributed by atoms with Gasteiger partial charge in [0.25, 0.3) is 0 Å². The minimum Gasteiger partial charge on any atom is -0.475 e. The number of ether oxygens (including phenoxy) is 1. The summed E-state index contributed by atoms with van der Waals surface area (Å²) >= 11 is 0. The van der Waals surface area contributed by atoms with Crippen molar-refractivity contribution in [2.75, 3.05) is 0 Å². The monoisotopic (exact) mass is 213 g/mol. The van der Waals surface area contributed by atoms with Crippen LogP contribution in [0, 0.1) is 0 Å². The minimum atomic E-state index is 0.0867. The van der Waals surface area contributed by atoms with Crippen molar-refractivity contribution in [2.24, 2.45) is 0 Å². The summed E-state index contributed by atoms with van der Waals surface area (Å²) in [5.41, 5.74) is 1.27. The highest BCUT2D eigenvalue weighted by atomic mass is 16.5. The van der Waals surface area contributed by atoms with Crippen molar-refractivity contribution in [3.63, 3.8) is 0 Å². The molecule has 0 aromatic heterocycles. The first-order valence-electron chi connectivity index (χ1n) is 5.70. The molecule has 2 heteroatoms. The van der Waals surface area contributed by atoms with E-state index in [-0.39, 0.29) is 6.23 Å². The average molecular weight is 213 g/mol. The lowest BCUT2D eigenvalue weighted by Crippen LogP contribution is -2.38. The van der Waals surface area contributed by atoms with Crippen LogP contribution in [0.2, 0.25) is 0 Å². The molecule has 0 aliphatic carbocycles. The molecular formula is C14H15NO. The quantitative estimate of drug-likeness (QED) is 0.725. The summed E-state index contributed by atoms with van der Waals surface area (Å²) < 4.78 is 5.80. The highest BCUT2D eigenvalue weighted by Gasteiger charge is 2.23. The summed E-state index contributed by atoms with van der Waals surface area (Å²) in [6.07, 6.45) is 0.0867. The van der Waals surface area contributed by atoms with Gasteiger partial charge in [0.1, 0.15) is 12.0 Å². The first-order valence-corrected chi connectivity index (χ1v) is 5.70. The molecule has 0 bridgehead atoms. The predicted octanol–water partition coefficient (Wildman–Crippen LogP) is 3.23. The summed E-state index contributed by atoms with van der Waals surface area (Å²) in [4.78, 5) is 0. The molecule has 2 nitrogen and oxygen atoms in total. The molecule has 1 aliphatic rings. The van der Waals surface area contributed by atoms with Gasteiger partial charge in [-0.1, -0.05) is 30.3 Å². The molecule has 82 valence electrons. The second kappa shape index (κ2) is 3.49. The van der Waals surface area contributed by atoms with Crippen molar-refractivity contribution in [3.05, 3.63) is 42.0 Å². The Labute approximate surface area is 95.2 Å². The van der Waals surface area contributed by atoms with Gasteiger partial charge < -0.3 is 4.74 Å². The average Bonchev–Trinajstić information content (AvgIpc) is 2.28. The van der Waals surface area contributed by atoms with Crippen molar-refractivity contribution in [3.8, 4) is 5.75 Å². The lowest BCUT2D eigenvalue weighted by Gasteiger charge is -2.30. The summed E-state index contributed by atoms with van der Waals surface area (Å²) in [6, 6.07) is 13.0. The zero-order chi connectivity index (χ0) is 11.1. The van der Waals surface area contributed by atoms with Gasteiger partial charge in [-0.25, -0.2) is 0 Å². The summed E-state index contributed by atoms with van der Waals surface area (Å²) in [6.45, 7) is 4.22. The highest BCUT2D eigenvalue weighted by Crippen LogP contribution is 2.36. The molecule has 0 unspecified atom stereocenters. The van der Waals surface area contributed by atoms with E-state index in [1.54, 1.807) is 0 Å². The lowest BCUT2D eigenvalue weighted by molar-refractivity contribution is 0.145. The van der Waals surface area contributed by atoms with Gasteiger partial charge in [0.05, 0.1) is 0 Å². The molecule has 16 heavy (non-hydrogen) atoms. The van der Waals surface area contributed by atoms with Gasteiger partial charge in [0, 0.05) is 11.6 Å². The van der Waals surface area contributed by atoms with E-state index in [9.17, 15) is 0 Å². The largest absolute Gasteiger partial charge is 0.475 e. The zero-order valence-corrected chi connectivity index (χ0v) is 9.53. The topological polar surface area (TPSA) is 21.3 Å². The molecule has 1 N–H and O–H groups in total. The van der Waals surface area contributed by atoms with Crippen LogP contribution in [0.1, 0.15) is 25.5 Å². The van der Waals surface area contributed by atoms with Crippen LogP contribution < -0.4 is 10.1 Å². The molecule has 0 saturated carbocycles. The van der Waals surface area contributed by atoms with E-state index in [0.717, 1.165) is 5.75 Å². The van der Waals surface area contributed by atoms with Crippen LogP contribution in [0.15, 0.2) is 36.4 Å². The molecule has 2 aromatic rings. The van der Waals surface area contributed by atoms with Gasteiger partial charge in [0.2, 0.25) is 0 Å². The van der Waals surface area contributed by atoms with Crippen LogP contribution in [-0.2, 0) is 0 Å². The van der Waals surface area contributed by atoms with Gasteiger partial charge in [-0.3, -0.25) is 5.32 Å². The van der Waals surface area contributed by atoms with E-state index >= 15 is 0 Å². The second-order valence-corrected chi connectivity index (χ2v) is 4.35. The van der Waals surface area contributed by atoms with E-state index in [4.69, 9.17) is 4.74 Å². The van der Waals surface area contributed by atoms with E-state index in [1.807, 2.05) is 6.92 Å². The molecule has 2 aromatic carbocycles. The number of nitrogens with one attached hydrogen (secondary N) is 1. The van der Waals surface area contributed by atoms with E-state index in [1.165, 1.54) is 16.3 Å². The summed E-state index contributed by atoms with van der Waals surface area (Å²) in [7, 11) is 0. The van der Waals surface area contributed by atoms with Crippen LogP contribution in [-0.4, -0.2) is 6.23 Å². The Kier molecular flexibility index (Phi) is 2.11. The minimum absolute atomic E-state index is 0.0867. The first kappa shape index (κ1) is 9.67. The van der Waals surface area contributed by atoms with Crippen molar-refractivity contribution in [1.82, 2.24) is 5.32 Å². The van der Waals surface area contributed by atoms with Crippen LogP contribution in [0.3, 0.4) is 0 Å². The zero-order valence-electron chi connectivity index (χ0n) is 9.53. The molecule has 1 aliphatic heterocycles. The lowest BCUT2D eigenvalue weighted by atomic mass is 9.97. The number of hydrogen-bond donors (Lipinski definition) is 1. The number of fused-ring (bicyclic) bond motifs is 3. The molecule has 0 fully saturated rings. The molecule has 0 radical (unpaired) electrons. The SMILES string of the molecule is C[C@@H]1N[C@H](C)Oc2ccc3ccccc3c21. The fourth-order valence-corrected chi connectivity index (χ4v) is 2.48. The molecule has 0 spiro atoms. The molecule has 2 atom stereocenters. The Morgan fingerprint density at radius 1 is 1.06 bits per heavy atom. The third kappa shape index (κ3) is 1.38. The van der Waals surface area contributed by atoms with Crippen molar-refractivity contribution in [2.45, 2.75) is 26.1 Å². The Morgan fingerprint density at radius 2 is 1.88 bits per heavy atom. The van der Waals surface area contributed by atoms with Crippen molar-refractivity contribution >= 4 is 10.8 Å². The molecular weight excluding hydrogens is 198 g/mol. The van der Waals surface area contributed by atoms with Crippen molar-refractivity contribution < 1.29 is 4.74 Å². The molecule has 0 amide bonds. The number of rotatable bonds is 0. The second-order valence-electron chi connectivity index (χ2n) is 4.35. The smallest absolute Gasteiger partial charge is 0.147 e. The highest BCUT2D eigenvalue weighted by molar-refractivity contribution is 5.88. The Balaban J connectivity index is 2.29. The van der Waals surface area contributed by atoms with Gasteiger partial charge in [-0.2, -0.15) is 0 Å². The van der Waals surface area contributed by atoms with Gasteiger partial charge in [0.15, 0.2) is 0 Å². The van der Waals surface area contributed by atoms with E-state index in [0.29, 0.717) is 6.04 Å². The van der Waals surface area contributed by atoms with Gasteiger partial charge >= 0.3 is 0 Å². The van der Waals surface area contributed by atoms with Crippen LogP contribution >= 0.6 is 0 Å². The normalized spacial score (nSPS) is 23.9. The molecule has 1 heterocycles. The first-order chi connectivity index (χ1) is 7.75. The Morgan fingerprint density at radius 3 is 2.75 bits per heavy atom. The van der Waals surface area contributed by atoms with E-state index in [2.05, 4.69) is 48.6 Å². The van der Waals surface area contributed by atoms with Gasteiger partial charge in [-0.15, -0.1) is 0 Å². The number of hydrogen-bond acceptors (Lipinski definition) is 2. The molecule has 0 saturated heterocycles. The van der Waals surface area contributed by atoms with Crippen LogP contribution in [0.5, 0.6) is 5.75 Å². The van der Waals surface area contributed by atoms with Crippen molar-refractivity contribution in [1.29, 1.82) is 0 Å². The Bertz CT molecular complexity index is 535. The predicted molar refractivity (Wildman–Crippen MR) is 65.6 cm³/mol. The summed E-state index contributed by atoms with van der Waals surface area (Å²) in [5.74, 6) is 1.01. The van der Waals surface area contributed by atoms with Crippen LogP contribution in [0.25, 0.3) is 10.8 Å². The third-order valence-electron chi connectivity index (χ3n) is 3.15. The fourth-order valence-electron chi connectivity index (χ4n) is 2.48. The van der Waals surface area contributed by atoms with E-state index < -0.39 is 0 Å². The van der Waals surface area contributed by atoms with Crippen LogP contribution in [0.4, 0.5) is 0 Å². The Hall–Kier alpha value is -1.54. The fraction of sp³-hybridized carbons (Fsp3) is 0.286. The number of benzene rings is 2. The third-order valence-corrected chi connectivity index (χ3v) is 3.15. The molecule has 3 rings (SSSR count). The maximum Gasteiger partial charge on any atom is 0.147 e.